The summed E-state index contributed by atoms with van der Waals surface area (Å²) >= 11 is 0. The Morgan fingerprint density at radius 2 is 1.81 bits per heavy atom. The van der Waals surface area contributed by atoms with E-state index in [4.69, 9.17) is 18.6 Å². The van der Waals surface area contributed by atoms with E-state index in [0.717, 1.165) is 6.42 Å². The van der Waals surface area contributed by atoms with Crippen LogP contribution in [0, 0.1) is 0 Å². The van der Waals surface area contributed by atoms with Gasteiger partial charge >= 0.3 is 17.6 Å². The summed E-state index contributed by atoms with van der Waals surface area (Å²) in [5.41, 5.74) is -0.699. The first-order chi connectivity index (χ1) is 12.4. The number of fused-ring (bicyclic) bond motifs is 1. The van der Waals surface area contributed by atoms with E-state index in [1.165, 1.54) is 26.0 Å². The van der Waals surface area contributed by atoms with Gasteiger partial charge in [-0.25, -0.2) is 4.79 Å². The maximum Gasteiger partial charge on any atom is 0.383 e. The number of allylic oxidation sites excluding steroid dienone is 1. The average molecular weight is 360 g/mol. The van der Waals surface area contributed by atoms with Crippen LogP contribution in [0.25, 0.3) is 11.0 Å². The summed E-state index contributed by atoms with van der Waals surface area (Å²) in [6.45, 7) is 4.76. The summed E-state index contributed by atoms with van der Waals surface area (Å²) < 4.78 is 20.9. The molecule has 7 heteroatoms. The van der Waals surface area contributed by atoms with Crippen LogP contribution < -0.4 is 19.8 Å². The van der Waals surface area contributed by atoms with Crippen molar-refractivity contribution >= 4 is 22.9 Å². The SMILES string of the molecule is CCC=CCCOc1c(OC(C)=O)c(=O)oc2cc(OC(C)=O)ccc12. The lowest BCUT2D eigenvalue weighted by Crippen LogP contribution is -2.14. The Labute approximate surface area is 150 Å². The van der Waals surface area contributed by atoms with Crippen LogP contribution in [0.5, 0.6) is 17.2 Å². The predicted molar refractivity (Wildman–Crippen MR) is 94.6 cm³/mol. The van der Waals surface area contributed by atoms with Crippen molar-refractivity contribution < 1.29 is 28.2 Å². The van der Waals surface area contributed by atoms with E-state index in [1.54, 1.807) is 6.07 Å². The van der Waals surface area contributed by atoms with Gasteiger partial charge in [0.25, 0.3) is 5.75 Å². The second-order valence-electron chi connectivity index (χ2n) is 5.41. The van der Waals surface area contributed by atoms with Gasteiger partial charge in [-0.15, -0.1) is 0 Å². The van der Waals surface area contributed by atoms with Crippen LogP contribution in [-0.2, 0) is 9.59 Å². The highest BCUT2D eigenvalue weighted by Crippen LogP contribution is 2.34. The fraction of sp³-hybridized carbons (Fsp3) is 0.316. The molecule has 0 spiro atoms. The third-order valence-corrected chi connectivity index (χ3v) is 3.23. The maximum atomic E-state index is 12.2. The van der Waals surface area contributed by atoms with Gasteiger partial charge < -0.3 is 18.6 Å². The van der Waals surface area contributed by atoms with Gasteiger partial charge in [0.05, 0.1) is 12.0 Å². The molecule has 0 saturated carbocycles. The van der Waals surface area contributed by atoms with Gasteiger partial charge in [-0.05, 0) is 25.0 Å². The van der Waals surface area contributed by atoms with Gasteiger partial charge in [-0.1, -0.05) is 19.1 Å². The molecule has 0 aliphatic rings. The number of carbonyl (C=O) groups excluding carboxylic acids is 2. The van der Waals surface area contributed by atoms with Crippen LogP contribution in [0.1, 0.15) is 33.6 Å². The van der Waals surface area contributed by atoms with E-state index in [1.807, 2.05) is 19.1 Å². The Kier molecular flexibility index (Phi) is 6.54. The highest BCUT2D eigenvalue weighted by atomic mass is 16.6. The van der Waals surface area contributed by atoms with Crippen LogP contribution in [0.4, 0.5) is 0 Å². The summed E-state index contributed by atoms with van der Waals surface area (Å²) in [5.74, 6) is -1.12. The molecule has 138 valence electrons. The topological polar surface area (TPSA) is 92.0 Å². The standard InChI is InChI=1S/C19H20O7/c1-4-5-6-7-10-23-17-15-9-8-14(24-12(2)20)11-16(15)26-19(22)18(17)25-13(3)21/h5-6,8-9,11H,4,7,10H2,1-3H3. The molecule has 0 atom stereocenters. The Morgan fingerprint density at radius 3 is 2.46 bits per heavy atom. The van der Waals surface area contributed by atoms with Crippen LogP contribution in [0.2, 0.25) is 0 Å². The molecule has 0 radical (unpaired) electrons. The lowest BCUT2D eigenvalue weighted by molar-refractivity contribution is -0.133. The zero-order chi connectivity index (χ0) is 19.1. The van der Waals surface area contributed by atoms with Crippen molar-refractivity contribution in [3.05, 3.63) is 40.8 Å². The predicted octanol–water partition coefficient (Wildman–Crippen LogP) is 3.38. The van der Waals surface area contributed by atoms with Gasteiger partial charge in [0.1, 0.15) is 11.3 Å². The Bertz CT molecular complexity index is 893. The molecular weight excluding hydrogens is 340 g/mol. The molecule has 1 aromatic heterocycles. The molecule has 7 nitrogen and oxygen atoms in total. The number of benzene rings is 1. The third kappa shape index (κ3) is 4.95. The molecule has 0 bridgehead atoms. The minimum atomic E-state index is -0.855. The van der Waals surface area contributed by atoms with Gasteiger partial charge in [-0.3, -0.25) is 9.59 Å². The smallest absolute Gasteiger partial charge is 0.383 e. The van der Waals surface area contributed by atoms with E-state index in [9.17, 15) is 14.4 Å². The number of carbonyl (C=O) groups is 2. The summed E-state index contributed by atoms with van der Waals surface area (Å²) in [6, 6.07) is 4.51. The summed E-state index contributed by atoms with van der Waals surface area (Å²) in [4.78, 5) is 34.6. The minimum absolute atomic E-state index is 0.116. The molecule has 0 aliphatic carbocycles. The average Bonchev–Trinajstić information content (AvgIpc) is 2.56. The van der Waals surface area contributed by atoms with Crippen molar-refractivity contribution in [3.8, 4) is 17.2 Å². The van der Waals surface area contributed by atoms with Gasteiger partial charge in [-0.2, -0.15) is 0 Å². The number of rotatable bonds is 7. The molecule has 0 aliphatic heterocycles. The monoisotopic (exact) mass is 360 g/mol. The fourth-order valence-corrected chi connectivity index (χ4v) is 2.25. The minimum Gasteiger partial charge on any atom is -0.488 e. The van der Waals surface area contributed by atoms with Crippen molar-refractivity contribution in [2.75, 3.05) is 6.61 Å². The molecule has 2 rings (SSSR count). The first-order valence-electron chi connectivity index (χ1n) is 8.17. The van der Waals surface area contributed by atoms with Crippen molar-refractivity contribution in [3.63, 3.8) is 0 Å². The Balaban J connectivity index is 2.47. The largest absolute Gasteiger partial charge is 0.488 e. The Morgan fingerprint density at radius 1 is 1.08 bits per heavy atom. The molecule has 2 aromatic rings. The van der Waals surface area contributed by atoms with Crippen LogP contribution >= 0.6 is 0 Å². The zero-order valence-corrected chi connectivity index (χ0v) is 14.9. The number of hydrogen-bond acceptors (Lipinski definition) is 7. The molecule has 0 N–H and O–H groups in total. The lowest BCUT2D eigenvalue weighted by atomic mass is 10.2. The Hall–Kier alpha value is -3.09. The molecule has 1 aromatic carbocycles. The van der Waals surface area contributed by atoms with E-state index >= 15 is 0 Å². The van der Waals surface area contributed by atoms with Crippen molar-refractivity contribution in [2.24, 2.45) is 0 Å². The second kappa shape index (κ2) is 8.84. The normalized spacial score (nSPS) is 10.9. The molecular formula is C19H20O7. The van der Waals surface area contributed by atoms with Crippen molar-refractivity contribution in [1.29, 1.82) is 0 Å². The summed E-state index contributed by atoms with van der Waals surface area (Å²) in [7, 11) is 0. The van der Waals surface area contributed by atoms with Gasteiger partial charge in [0, 0.05) is 19.9 Å². The number of hydrogen-bond donors (Lipinski definition) is 0. The quantitative estimate of drug-likeness (QED) is 0.246. The molecule has 0 fully saturated rings. The number of ether oxygens (including phenoxy) is 3. The lowest BCUT2D eigenvalue weighted by Gasteiger charge is -2.12. The fourth-order valence-electron chi connectivity index (χ4n) is 2.25. The van der Waals surface area contributed by atoms with E-state index in [-0.39, 0.29) is 29.4 Å². The second-order valence-corrected chi connectivity index (χ2v) is 5.41. The van der Waals surface area contributed by atoms with Gasteiger partial charge in [0.15, 0.2) is 5.75 Å². The molecule has 26 heavy (non-hydrogen) atoms. The molecule has 0 amide bonds. The van der Waals surface area contributed by atoms with Crippen LogP contribution in [0.3, 0.4) is 0 Å². The third-order valence-electron chi connectivity index (χ3n) is 3.23. The molecule has 0 unspecified atom stereocenters. The van der Waals surface area contributed by atoms with Crippen molar-refractivity contribution in [2.45, 2.75) is 33.6 Å². The van der Waals surface area contributed by atoms with E-state index < -0.39 is 17.6 Å². The first-order valence-corrected chi connectivity index (χ1v) is 8.17. The highest BCUT2D eigenvalue weighted by Gasteiger charge is 2.20. The van der Waals surface area contributed by atoms with E-state index in [2.05, 4.69) is 0 Å². The summed E-state index contributed by atoms with van der Waals surface area (Å²) in [6.07, 6.45) is 5.49. The number of esters is 2. The van der Waals surface area contributed by atoms with Crippen LogP contribution in [-0.4, -0.2) is 18.5 Å². The van der Waals surface area contributed by atoms with Crippen LogP contribution in [0.15, 0.2) is 39.6 Å². The van der Waals surface area contributed by atoms with E-state index in [0.29, 0.717) is 11.8 Å². The molecule has 1 heterocycles. The van der Waals surface area contributed by atoms with Gasteiger partial charge in [0.2, 0.25) is 0 Å². The summed E-state index contributed by atoms with van der Waals surface area (Å²) in [5, 5.41) is 0.427. The highest BCUT2D eigenvalue weighted by molar-refractivity contribution is 5.88. The zero-order valence-electron chi connectivity index (χ0n) is 14.9. The first kappa shape index (κ1) is 19.2. The maximum absolute atomic E-state index is 12.2. The molecule has 0 saturated heterocycles. The van der Waals surface area contributed by atoms with Crippen molar-refractivity contribution in [1.82, 2.24) is 0 Å².